The molecule has 114 valence electrons. The van der Waals surface area contributed by atoms with Crippen molar-refractivity contribution in [2.45, 2.75) is 0 Å². The molecule has 3 aromatic rings. The second-order valence-corrected chi connectivity index (χ2v) is 6.23. The molecule has 0 aliphatic carbocycles. The SMILES string of the molecule is COc1ccc2[nH]c(O)c(C=c3ccc4c(c3)N=NC=4I)c2c1. The van der Waals surface area contributed by atoms with Crippen LogP contribution < -0.4 is 15.2 Å². The number of ether oxygens (including phenoxy) is 1. The van der Waals surface area contributed by atoms with E-state index >= 15 is 0 Å². The molecule has 0 atom stereocenters. The number of halogens is 1. The lowest BCUT2D eigenvalue weighted by Crippen LogP contribution is -2.07. The Morgan fingerprint density at radius 1 is 1.17 bits per heavy atom. The van der Waals surface area contributed by atoms with Crippen LogP contribution in [-0.2, 0) is 0 Å². The van der Waals surface area contributed by atoms with Gasteiger partial charge in [0.2, 0.25) is 0 Å². The second-order valence-electron chi connectivity index (χ2n) is 5.21. The summed E-state index contributed by atoms with van der Waals surface area (Å²) >= 11 is 2.17. The lowest BCUT2D eigenvalue weighted by Gasteiger charge is -1.99. The van der Waals surface area contributed by atoms with Crippen molar-refractivity contribution in [3.8, 4) is 11.6 Å². The quantitative estimate of drug-likeness (QED) is 0.496. The fourth-order valence-electron chi connectivity index (χ4n) is 2.66. The Bertz CT molecular complexity index is 1080. The van der Waals surface area contributed by atoms with Crippen LogP contribution in [0.2, 0.25) is 0 Å². The van der Waals surface area contributed by atoms with Gasteiger partial charge >= 0.3 is 0 Å². The van der Waals surface area contributed by atoms with E-state index in [4.69, 9.17) is 4.74 Å². The fraction of sp³-hybridized carbons (Fsp3) is 0.0588. The first-order chi connectivity index (χ1) is 11.2. The molecular formula is C17H12IN3O2. The zero-order chi connectivity index (χ0) is 16.0. The monoisotopic (exact) mass is 417 g/mol. The third-order valence-corrected chi connectivity index (χ3v) is 4.62. The molecule has 1 aliphatic rings. The first kappa shape index (κ1) is 14.3. The summed E-state index contributed by atoms with van der Waals surface area (Å²) in [5, 5.41) is 21.3. The maximum absolute atomic E-state index is 10.2. The van der Waals surface area contributed by atoms with Crippen molar-refractivity contribution >= 4 is 49.0 Å². The summed E-state index contributed by atoms with van der Waals surface area (Å²) in [5.41, 5.74) is 2.44. The third-order valence-electron chi connectivity index (χ3n) is 3.83. The predicted octanol–water partition coefficient (Wildman–Crippen LogP) is 3.31. The van der Waals surface area contributed by atoms with Crippen molar-refractivity contribution in [3.05, 3.63) is 52.4 Å². The average Bonchev–Trinajstić information content (AvgIpc) is 3.08. The van der Waals surface area contributed by atoms with Gasteiger partial charge in [-0.05, 0) is 64.2 Å². The van der Waals surface area contributed by atoms with E-state index in [9.17, 15) is 5.11 Å². The number of H-pyrrole nitrogens is 1. The summed E-state index contributed by atoms with van der Waals surface area (Å²) in [6, 6.07) is 11.6. The first-order valence-electron chi connectivity index (χ1n) is 6.98. The van der Waals surface area contributed by atoms with Crippen LogP contribution in [0.5, 0.6) is 11.6 Å². The number of aromatic hydroxyl groups is 1. The highest BCUT2D eigenvalue weighted by Crippen LogP contribution is 2.30. The standard InChI is InChI=1S/C17H12IN3O2/c1-23-10-3-5-14-12(8-10)13(17(22)19-14)6-9-2-4-11-15(7-9)20-21-16(11)18/h2-8,19,22H,1H3. The normalized spacial score (nSPS) is 13.8. The van der Waals surface area contributed by atoms with Crippen molar-refractivity contribution in [1.82, 2.24) is 4.98 Å². The van der Waals surface area contributed by atoms with Crippen LogP contribution in [0.3, 0.4) is 0 Å². The number of nitrogens with zero attached hydrogens (tertiary/aromatic N) is 2. The summed E-state index contributed by atoms with van der Waals surface area (Å²) in [7, 11) is 1.63. The van der Waals surface area contributed by atoms with E-state index < -0.39 is 0 Å². The van der Waals surface area contributed by atoms with Crippen molar-refractivity contribution in [2.24, 2.45) is 10.2 Å². The largest absolute Gasteiger partial charge is 0.497 e. The Balaban J connectivity index is 1.93. The number of benzene rings is 2. The van der Waals surface area contributed by atoms with Crippen LogP contribution in [0, 0.1) is 0 Å². The summed E-state index contributed by atoms with van der Waals surface area (Å²) in [5.74, 6) is 0.884. The number of fused-ring (bicyclic) bond motifs is 2. The molecule has 23 heavy (non-hydrogen) atoms. The molecule has 0 saturated heterocycles. The number of nitrogens with one attached hydrogen (secondary N) is 1. The lowest BCUT2D eigenvalue weighted by atomic mass is 10.1. The van der Waals surface area contributed by atoms with Crippen molar-refractivity contribution in [2.75, 3.05) is 7.11 Å². The predicted molar refractivity (Wildman–Crippen MR) is 97.7 cm³/mol. The third kappa shape index (κ3) is 2.39. The van der Waals surface area contributed by atoms with Crippen molar-refractivity contribution in [3.63, 3.8) is 0 Å². The number of methoxy groups -OCH3 is 1. The zero-order valence-electron chi connectivity index (χ0n) is 12.2. The molecule has 0 fully saturated rings. The summed E-state index contributed by atoms with van der Waals surface area (Å²) in [6.45, 7) is 0. The van der Waals surface area contributed by atoms with Crippen molar-refractivity contribution in [1.29, 1.82) is 0 Å². The summed E-state index contributed by atoms with van der Waals surface area (Å²) in [6.07, 6.45) is 1.93. The second kappa shape index (κ2) is 5.38. The first-order valence-corrected chi connectivity index (χ1v) is 8.05. The lowest BCUT2D eigenvalue weighted by molar-refractivity contribution is 0.415. The molecule has 0 unspecified atom stereocenters. The van der Waals surface area contributed by atoms with Crippen LogP contribution in [-0.4, -0.2) is 17.2 Å². The molecule has 0 spiro atoms. The van der Waals surface area contributed by atoms with Gasteiger partial charge in [-0.3, -0.25) is 0 Å². The van der Waals surface area contributed by atoms with E-state index in [0.717, 1.165) is 42.0 Å². The molecule has 2 heterocycles. The van der Waals surface area contributed by atoms with Gasteiger partial charge < -0.3 is 14.8 Å². The highest BCUT2D eigenvalue weighted by molar-refractivity contribution is 14.1. The fourth-order valence-corrected chi connectivity index (χ4v) is 3.23. The smallest absolute Gasteiger partial charge is 0.196 e. The molecular weight excluding hydrogens is 405 g/mol. The molecule has 5 nitrogen and oxygen atoms in total. The minimum absolute atomic E-state index is 0.136. The molecule has 0 radical (unpaired) electrons. The van der Waals surface area contributed by atoms with Gasteiger partial charge in [0.05, 0.1) is 12.8 Å². The van der Waals surface area contributed by atoms with E-state index in [1.54, 1.807) is 7.11 Å². The topological polar surface area (TPSA) is 70.0 Å². The highest BCUT2D eigenvalue weighted by Gasteiger charge is 2.10. The van der Waals surface area contributed by atoms with E-state index in [1.807, 2.05) is 42.5 Å². The van der Waals surface area contributed by atoms with E-state index in [1.165, 1.54) is 0 Å². The molecule has 1 aliphatic heterocycles. The van der Waals surface area contributed by atoms with Gasteiger partial charge in [-0.15, -0.1) is 10.2 Å². The zero-order valence-corrected chi connectivity index (χ0v) is 14.3. The van der Waals surface area contributed by atoms with Crippen LogP contribution in [0.25, 0.3) is 20.7 Å². The van der Waals surface area contributed by atoms with Gasteiger partial charge in [0.1, 0.15) is 9.45 Å². The number of aromatic nitrogens is 1. The molecule has 1 aromatic heterocycles. The number of rotatable bonds is 2. The van der Waals surface area contributed by atoms with Crippen molar-refractivity contribution < 1.29 is 9.84 Å². The Hall–Kier alpha value is -2.35. The maximum atomic E-state index is 10.2. The minimum atomic E-state index is 0.136. The minimum Gasteiger partial charge on any atom is -0.497 e. The molecule has 2 aromatic carbocycles. The Kier molecular flexibility index (Phi) is 3.33. The molecule has 6 heteroatoms. The van der Waals surface area contributed by atoms with Gasteiger partial charge in [-0.25, -0.2) is 0 Å². The van der Waals surface area contributed by atoms with Crippen LogP contribution in [0.4, 0.5) is 5.69 Å². The average molecular weight is 417 g/mol. The molecule has 2 N–H and O–H groups in total. The molecule has 0 amide bonds. The molecule has 4 rings (SSSR count). The van der Waals surface area contributed by atoms with Crippen LogP contribution in [0.15, 0.2) is 46.6 Å². The maximum Gasteiger partial charge on any atom is 0.196 e. The Labute approximate surface area is 145 Å². The van der Waals surface area contributed by atoms with Crippen LogP contribution in [0.1, 0.15) is 5.56 Å². The molecule has 0 bridgehead atoms. The Morgan fingerprint density at radius 2 is 2.04 bits per heavy atom. The van der Waals surface area contributed by atoms with Gasteiger partial charge in [-0.1, -0.05) is 6.07 Å². The number of hydrogen-bond donors (Lipinski definition) is 2. The highest BCUT2D eigenvalue weighted by atomic mass is 127. The van der Waals surface area contributed by atoms with Crippen LogP contribution >= 0.6 is 22.6 Å². The molecule has 0 saturated carbocycles. The number of azo groups is 1. The van der Waals surface area contributed by atoms with Gasteiger partial charge in [-0.2, -0.15) is 0 Å². The summed E-state index contributed by atoms with van der Waals surface area (Å²) in [4.78, 5) is 2.98. The summed E-state index contributed by atoms with van der Waals surface area (Å²) < 4.78 is 6.16. The number of aromatic amines is 1. The van der Waals surface area contributed by atoms with E-state index in [0.29, 0.717) is 0 Å². The van der Waals surface area contributed by atoms with Gasteiger partial charge in [0.15, 0.2) is 5.88 Å². The van der Waals surface area contributed by atoms with Gasteiger partial charge in [0.25, 0.3) is 0 Å². The van der Waals surface area contributed by atoms with E-state index in [2.05, 4.69) is 37.8 Å². The Morgan fingerprint density at radius 3 is 2.87 bits per heavy atom. The van der Waals surface area contributed by atoms with Gasteiger partial charge in [0, 0.05) is 21.7 Å². The van der Waals surface area contributed by atoms with E-state index in [-0.39, 0.29) is 5.88 Å². The number of hydrogen-bond acceptors (Lipinski definition) is 4.